The SMILES string of the molecule is Cc1nc(C)c(-c2nnc(SC(C(=O)NC3CCCCC3C)C(C)C)o2)s1. The summed E-state index contributed by atoms with van der Waals surface area (Å²) in [4.78, 5) is 18.2. The number of nitrogens with zero attached hydrogens (tertiary/aromatic N) is 3. The lowest BCUT2D eigenvalue weighted by molar-refractivity contribution is -0.122. The number of carbonyl (C=O) groups excluding carboxylic acids is 1. The van der Waals surface area contributed by atoms with Crippen molar-refractivity contribution in [3.8, 4) is 10.8 Å². The zero-order chi connectivity index (χ0) is 19.6. The Balaban J connectivity index is 1.69. The third kappa shape index (κ3) is 4.90. The van der Waals surface area contributed by atoms with Gasteiger partial charge in [-0.1, -0.05) is 45.4 Å². The lowest BCUT2D eigenvalue weighted by Gasteiger charge is -2.31. The third-order valence-corrected chi connectivity index (χ3v) is 7.47. The minimum absolute atomic E-state index is 0.0679. The van der Waals surface area contributed by atoms with Crippen LogP contribution in [0.25, 0.3) is 10.8 Å². The van der Waals surface area contributed by atoms with Crippen LogP contribution in [-0.4, -0.2) is 32.4 Å². The van der Waals surface area contributed by atoms with E-state index >= 15 is 0 Å². The second kappa shape index (κ2) is 8.73. The first-order chi connectivity index (χ1) is 12.8. The van der Waals surface area contributed by atoms with Gasteiger partial charge in [-0.25, -0.2) is 4.98 Å². The molecule has 6 nitrogen and oxygen atoms in total. The molecule has 0 aliphatic heterocycles. The van der Waals surface area contributed by atoms with Gasteiger partial charge in [-0.2, -0.15) is 0 Å². The second-order valence-corrected chi connectivity index (χ2v) is 9.98. The van der Waals surface area contributed by atoms with E-state index < -0.39 is 0 Å². The molecule has 1 aliphatic rings. The average molecular weight is 409 g/mol. The number of carbonyl (C=O) groups is 1. The molecule has 0 saturated heterocycles. The number of aryl methyl sites for hydroxylation is 2. The van der Waals surface area contributed by atoms with E-state index in [1.165, 1.54) is 42.4 Å². The molecule has 148 valence electrons. The highest BCUT2D eigenvalue weighted by molar-refractivity contribution is 8.00. The van der Waals surface area contributed by atoms with Gasteiger partial charge in [-0.3, -0.25) is 4.79 Å². The van der Waals surface area contributed by atoms with Gasteiger partial charge in [-0.15, -0.1) is 21.5 Å². The largest absolute Gasteiger partial charge is 0.410 e. The summed E-state index contributed by atoms with van der Waals surface area (Å²) < 4.78 is 5.84. The molecule has 0 radical (unpaired) electrons. The van der Waals surface area contributed by atoms with Crippen LogP contribution in [0.5, 0.6) is 0 Å². The summed E-state index contributed by atoms with van der Waals surface area (Å²) in [6.07, 6.45) is 4.70. The predicted molar refractivity (Wildman–Crippen MR) is 109 cm³/mol. The van der Waals surface area contributed by atoms with Gasteiger partial charge in [0.05, 0.1) is 16.0 Å². The minimum atomic E-state index is -0.253. The zero-order valence-electron chi connectivity index (χ0n) is 16.6. The first-order valence-corrected chi connectivity index (χ1v) is 11.3. The molecule has 27 heavy (non-hydrogen) atoms. The molecule has 2 aromatic rings. The molecule has 0 spiro atoms. The van der Waals surface area contributed by atoms with Crippen LogP contribution in [0.15, 0.2) is 9.64 Å². The molecular weight excluding hydrogens is 380 g/mol. The number of aromatic nitrogens is 3. The lowest BCUT2D eigenvalue weighted by atomic mass is 9.86. The van der Waals surface area contributed by atoms with Gasteiger partial charge in [-0.05, 0) is 38.5 Å². The van der Waals surface area contributed by atoms with E-state index in [2.05, 4.69) is 41.3 Å². The predicted octanol–water partition coefficient (Wildman–Crippen LogP) is 4.62. The number of thioether (sulfide) groups is 1. The summed E-state index contributed by atoms with van der Waals surface area (Å²) in [6, 6.07) is 0.272. The number of hydrogen-bond acceptors (Lipinski definition) is 7. The van der Waals surface area contributed by atoms with Gasteiger partial charge in [0.2, 0.25) is 5.91 Å². The normalized spacial score (nSPS) is 21.4. The number of amides is 1. The Morgan fingerprint density at radius 2 is 2.00 bits per heavy atom. The highest BCUT2D eigenvalue weighted by Crippen LogP contribution is 2.33. The van der Waals surface area contributed by atoms with E-state index in [-0.39, 0.29) is 23.1 Å². The number of rotatable bonds is 6. The summed E-state index contributed by atoms with van der Waals surface area (Å²) in [6.45, 7) is 10.2. The summed E-state index contributed by atoms with van der Waals surface area (Å²) in [5.41, 5.74) is 0.891. The Bertz CT molecular complexity index is 787. The Labute approximate surface area is 168 Å². The van der Waals surface area contributed by atoms with E-state index in [1.807, 2.05) is 13.8 Å². The maximum Gasteiger partial charge on any atom is 0.277 e. The lowest BCUT2D eigenvalue weighted by Crippen LogP contribution is -2.46. The van der Waals surface area contributed by atoms with Crippen molar-refractivity contribution in [3.63, 3.8) is 0 Å². The Morgan fingerprint density at radius 1 is 1.26 bits per heavy atom. The highest BCUT2D eigenvalue weighted by atomic mass is 32.2. The van der Waals surface area contributed by atoms with Crippen LogP contribution in [0, 0.1) is 25.7 Å². The average Bonchev–Trinajstić information content (AvgIpc) is 3.20. The van der Waals surface area contributed by atoms with E-state index in [1.54, 1.807) is 0 Å². The monoisotopic (exact) mass is 408 g/mol. The Hall–Kier alpha value is -1.41. The molecule has 3 unspecified atom stereocenters. The van der Waals surface area contributed by atoms with Crippen LogP contribution < -0.4 is 5.32 Å². The van der Waals surface area contributed by atoms with Gasteiger partial charge in [0, 0.05) is 6.04 Å². The van der Waals surface area contributed by atoms with Crippen molar-refractivity contribution < 1.29 is 9.21 Å². The molecule has 3 atom stereocenters. The molecule has 1 N–H and O–H groups in total. The summed E-state index contributed by atoms with van der Waals surface area (Å²) in [5, 5.41) is 12.7. The molecule has 0 bridgehead atoms. The van der Waals surface area contributed by atoms with E-state index in [0.717, 1.165) is 22.0 Å². The summed E-state index contributed by atoms with van der Waals surface area (Å²) in [7, 11) is 0. The van der Waals surface area contributed by atoms with Gasteiger partial charge >= 0.3 is 0 Å². The van der Waals surface area contributed by atoms with Crippen LogP contribution in [-0.2, 0) is 4.79 Å². The maximum absolute atomic E-state index is 12.9. The molecule has 1 fully saturated rings. The number of thiazole rings is 1. The Morgan fingerprint density at radius 3 is 2.63 bits per heavy atom. The molecule has 1 amide bonds. The van der Waals surface area contributed by atoms with Crippen LogP contribution in [0.4, 0.5) is 0 Å². The standard InChI is InChI=1S/C19H28N4O2S2/c1-10(2)15(17(24)21-14-9-7-6-8-11(14)3)27-19-23-22-18(25-19)16-12(4)20-13(5)26-16/h10-11,14-15H,6-9H2,1-5H3,(H,21,24). The van der Waals surface area contributed by atoms with Crippen molar-refractivity contribution in [2.75, 3.05) is 0 Å². The van der Waals surface area contributed by atoms with Crippen LogP contribution in [0.2, 0.25) is 0 Å². The van der Waals surface area contributed by atoms with Crippen molar-refractivity contribution in [1.82, 2.24) is 20.5 Å². The van der Waals surface area contributed by atoms with Crippen molar-refractivity contribution in [1.29, 1.82) is 0 Å². The van der Waals surface area contributed by atoms with Gasteiger partial charge < -0.3 is 9.73 Å². The van der Waals surface area contributed by atoms with Crippen molar-refractivity contribution >= 4 is 29.0 Å². The first kappa shape index (κ1) is 20.3. The molecule has 1 saturated carbocycles. The van der Waals surface area contributed by atoms with Gasteiger partial charge in [0.25, 0.3) is 11.1 Å². The Kier molecular flexibility index (Phi) is 6.57. The quantitative estimate of drug-likeness (QED) is 0.702. The van der Waals surface area contributed by atoms with E-state index in [4.69, 9.17) is 4.42 Å². The number of nitrogens with one attached hydrogen (secondary N) is 1. The fourth-order valence-electron chi connectivity index (χ4n) is 3.48. The fourth-order valence-corrected chi connectivity index (χ4v) is 5.20. The maximum atomic E-state index is 12.9. The van der Waals surface area contributed by atoms with Crippen LogP contribution >= 0.6 is 23.1 Å². The summed E-state index contributed by atoms with van der Waals surface area (Å²) >= 11 is 2.89. The first-order valence-electron chi connectivity index (χ1n) is 9.60. The number of hydrogen-bond donors (Lipinski definition) is 1. The minimum Gasteiger partial charge on any atom is -0.410 e. The van der Waals surface area contributed by atoms with Crippen molar-refractivity contribution in [3.05, 3.63) is 10.7 Å². The van der Waals surface area contributed by atoms with Crippen LogP contribution in [0.3, 0.4) is 0 Å². The molecule has 8 heteroatoms. The summed E-state index contributed by atoms with van der Waals surface area (Å²) in [5.74, 6) is 1.24. The van der Waals surface area contributed by atoms with E-state index in [0.29, 0.717) is 17.0 Å². The molecule has 2 aromatic heterocycles. The fraction of sp³-hybridized carbons (Fsp3) is 0.684. The molecule has 1 aliphatic carbocycles. The van der Waals surface area contributed by atoms with Gasteiger partial charge in [0.1, 0.15) is 4.88 Å². The van der Waals surface area contributed by atoms with Crippen molar-refractivity contribution in [2.24, 2.45) is 11.8 Å². The molecule has 2 heterocycles. The highest BCUT2D eigenvalue weighted by Gasteiger charge is 2.30. The molecule has 0 aromatic carbocycles. The molecular formula is C19H28N4O2S2. The third-order valence-electron chi connectivity index (χ3n) is 5.04. The smallest absolute Gasteiger partial charge is 0.277 e. The second-order valence-electron chi connectivity index (χ2n) is 7.68. The van der Waals surface area contributed by atoms with Gasteiger partial charge in [0.15, 0.2) is 0 Å². The zero-order valence-corrected chi connectivity index (χ0v) is 18.2. The van der Waals surface area contributed by atoms with Crippen molar-refractivity contribution in [2.45, 2.75) is 76.8 Å². The molecule has 3 rings (SSSR count). The van der Waals surface area contributed by atoms with E-state index in [9.17, 15) is 4.79 Å². The van der Waals surface area contributed by atoms with Crippen LogP contribution in [0.1, 0.15) is 57.2 Å². The topological polar surface area (TPSA) is 80.9 Å².